The highest BCUT2D eigenvalue weighted by Crippen LogP contribution is 2.20. The summed E-state index contributed by atoms with van der Waals surface area (Å²) >= 11 is 0. The Kier molecular flexibility index (Phi) is 5.44. The number of para-hydroxylation sites is 1. The monoisotopic (exact) mass is 271 g/mol. The highest BCUT2D eigenvalue weighted by molar-refractivity contribution is 5.33. The van der Waals surface area contributed by atoms with Gasteiger partial charge in [-0.15, -0.1) is 0 Å². The Labute approximate surface area is 120 Å². The molecule has 0 spiro atoms. The maximum absolute atomic E-state index is 5.79. The van der Waals surface area contributed by atoms with E-state index >= 15 is 0 Å². The third kappa shape index (κ3) is 4.00. The molecule has 2 rings (SSSR count). The number of nitrogens with one attached hydrogen (secondary N) is 1. The molecule has 106 valence electrons. The molecule has 0 fully saturated rings. The third-order valence-electron chi connectivity index (χ3n) is 3.09. The van der Waals surface area contributed by atoms with Gasteiger partial charge in [0, 0.05) is 12.1 Å². The summed E-state index contributed by atoms with van der Waals surface area (Å²) < 4.78 is 11.1. The predicted molar refractivity (Wildman–Crippen MR) is 81.1 cm³/mol. The summed E-state index contributed by atoms with van der Waals surface area (Å²) in [5.41, 5.74) is 2.31. The van der Waals surface area contributed by atoms with Crippen LogP contribution in [0, 0.1) is 0 Å². The first-order chi connectivity index (χ1) is 9.83. The van der Waals surface area contributed by atoms with Crippen molar-refractivity contribution < 1.29 is 9.47 Å². The molecule has 0 aliphatic carbocycles. The molecule has 0 saturated carbocycles. The summed E-state index contributed by atoms with van der Waals surface area (Å²) in [5.74, 6) is 1.73. The van der Waals surface area contributed by atoms with Gasteiger partial charge in [-0.1, -0.05) is 37.3 Å². The fourth-order valence-corrected chi connectivity index (χ4v) is 1.96. The fourth-order valence-electron chi connectivity index (χ4n) is 1.96. The number of ether oxygens (including phenoxy) is 2. The van der Waals surface area contributed by atoms with Gasteiger partial charge in [0.05, 0.1) is 7.11 Å². The summed E-state index contributed by atoms with van der Waals surface area (Å²) in [4.78, 5) is 0. The van der Waals surface area contributed by atoms with E-state index in [-0.39, 0.29) is 0 Å². The van der Waals surface area contributed by atoms with Gasteiger partial charge in [0.2, 0.25) is 0 Å². The molecule has 0 saturated heterocycles. The van der Waals surface area contributed by atoms with E-state index in [0.717, 1.165) is 30.2 Å². The minimum atomic E-state index is 0.510. The Hall–Kier alpha value is -2.00. The van der Waals surface area contributed by atoms with Crippen molar-refractivity contribution in [1.82, 2.24) is 5.32 Å². The maximum Gasteiger partial charge on any atom is 0.125 e. The third-order valence-corrected chi connectivity index (χ3v) is 3.09. The Balaban J connectivity index is 1.93. The van der Waals surface area contributed by atoms with Gasteiger partial charge in [0.15, 0.2) is 0 Å². The first-order valence-corrected chi connectivity index (χ1v) is 6.88. The molecule has 2 aromatic carbocycles. The number of benzene rings is 2. The fraction of sp³-hybridized carbons (Fsp3) is 0.294. The highest BCUT2D eigenvalue weighted by atomic mass is 16.5. The summed E-state index contributed by atoms with van der Waals surface area (Å²) in [5, 5.41) is 3.30. The van der Waals surface area contributed by atoms with Crippen LogP contribution in [0.25, 0.3) is 0 Å². The highest BCUT2D eigenvalue weighted by Gasteiger charge is 2.02. The van der Waals surface area contributed by atoms with E-state index in [1.165, 1.54) is 5.56 Å². The zero-order valence-electron chi connectivity index (χ0n) is 12.1. The van der Waals surface area contributed by atoms with Crippen molar-refractivity contribution in [3.05, 3.63) is 59.7 Å². The summed E-state index contributed by atoms with van der Waals surface area (Å²) in [7, 11) is 1.67. The van der Waals surface area contributed by atoms with Crippen molar-refractivity contribution in [3.63, 3.8) is 0 Å². The second-order valence-electron chi connectivity index (χ2n) is 4.52. The molecule has 0 atom stereocenters. The molecule has 1 N–H and O–H groups in total. The second kappa shape index (κ2) is 7.56. The van der Waals surface area contributed by atoms with Gasteiger partial charge >= 0.3 is 0 Å². The number of hydrogen-bond donors (Lipinski definition) is 1. The van der Waals surface area contributed by atoms with Crippen LogP contribution in [0.2, 0.25) is 0 Å². The number of rotatable bonds is 7. The van der Waals surface area contributed by atoms with Gasteiger partial charge in [-0.05, 0) is 30.3 Å². The zero-order chi connectivity index (χ0) is 14.2. The van der Waals surface area contributed by atoms with Gasteiger partial charge in [0.25, 0.3) is 0 Å². The smallest absolute Gasteiger partial charge is 0.125 e. The first-order valence-electron chi connectivity index (χ1n) is 6.88. The van der Waals surface area contributed by atoms with Gasteiger partial charge in [-0.2, -0.15) is 0 Å². The molecule has 0 aliphatic heterocycles. The maximum atomic E-state index is 5.79. The Morgan fingerprint density at radius 1 is 1.00 bits per heavy atom. The van der Waals surface area contributed by atoms with Crippen molar-refractivity contribution in [2.75, 3.05) is 13.7 Å². The Bertz CT molecular complexity index is 523. The minimum absolute atomic E-state index is 0.510. The molecular formula is C17H21NO2. The van der Waals surface area contributed by atoms with Crippen LogP contribution < -0.4 is 14.8 Å². The number of methoxy groups -OCH3 is 1. The van der Waals surface area contributed by atoms with Crippen molar-refractivity contribution in [1.29, 1.82) is 0 Å². The Morgan fingerprint density at radius 3 is 2.45 bits per heavy atom. The van der Waals surface area contributed by atoms with Crippen LogP contribution in [-0.2, 0) is 13.2 Å². The van der Waals surface area contributed by atoms with E-state index in [2.05, 4.69) is 24.4 Å². The minimum Gasteiger partial charge on any atom is -0.496 e. The van der Waals surface area contributed by atoms with E-state index in [9.17, 15) is 0 Å². The van der Waals surface area contributed by atoms with Gasteiger partial charge in [-0.3, -0.25) is 0 Å². The molecule has 0 unspecified atom stereocenters. The predicted octanol–water partition coefficient (Wildman–Crippen LogP) is 3.38. The van der Waals surface area contributed by atoms with Crippen LogP contribution in [0.3, 0.4) is 0 Å². The SMILES string of the molecule is CCNCc1ccc(OCc2ccccc2OC)cc1. The lowest BCUT2D eigenvalue weighted by Crippen LogP contribution is -2.11. The molecule has 2 aromatic rings. The molecule has 0 heterocycles. The van der Waals surface area contributed by atoms with Crippen molar-refractivity contribution in [2.24, 2.45) is 0 Å². The standard InChI is InChI=1S/C17H21NO2/c1-3-18-12-14-8-10-16(11-9-14)20-13-15-6-4-5-7-17(15)19-2/h4-11,18H,3,12-13H2,1-2H3. The van der Waals surface area contributed by atoms with E-state index in [0.29, 0.717) is 6.61 Å². The molecule has 0 aliphatic rings. The molecule has 0 aromatic heterocycles. The van der Waals surface area contributed by atoms with Crippen LogP contribution in [0.1, 0.15) is 18.1 Å². The number of hydrogen-bond acceptors (Lipinski definition) is 3. The summed E-state index contributed by atoms with van der Waals surface area (Å²) in [6.45, 7) is 4.48. The first kappa shape index (κ1) is 14.4. The molecule has 3 heteroatoms. The summed E-state index contributed by atoms with van der Waals surface area (Å²) in [6, 6.07) is 16.1. The molecule has 0 amide bonds. The lowest BCUT2D eigenvalue weighted by molar-refractivity contribution is 0.296. The van der Waals surface area contributed by atoms with E-state index in [4.69, 9.17) is 9.47 Å². The van der Waals surface area contributed by atoms with E-state index in [1.807, 2.05) is 36.4 Å². The van der Waals surface area contributed by atoms with Crippen molar-refractivity contribution in [3.8, 4) is 11.5 Å². The van der Waals surface area contributed by atoms with Crippen LogP contribution in [0.5, 0.6) is 11.5 Å². The molecule has 0 bridgehead atoms. The zero-order valence-corrected chi connectivity index (χ0v) is 12.1. The Morgan fingerprint density at radius 2 is 1.75 bits per heavy atom. The van der Waals surface area contributed by atoms with Crippen LogP contribution >= 0.6 is 0 Å². The van der Waals surface area contributed by atoms with E-state index < -0.39 is 0 Å². The van der Waals surface area contributed by atoms with Gasteiger partial charge < -0.3 is 14.8 Å². The molecular weight excluding hydrogens is 250 g/mol. The topological polar surface area (TPSA) is 30.5 Å². The lowest BCUT2D eigenvalue weighted by Gasteiger charge is -2.10. The van der Waals surface area contributed by atoms with E-state index in [1.54, 1.807) is 7.11 Å². The van der Waals surface area contributed by atoms with Crippen molar-refractivity contribution >= 4 is 0 Å². The lowest BCUT2D eigenvalue weighted by atomic mass is 10.2. The quantitative estimate of drug-likeness (QED) is 0.837. The molecule has 20 heavy (non-hydrogen) atoms. The van der Waals surface area contributed by atoms with Crippen LogP contribution in [-0.4, -0.2) is 13.7 Å². The van der Waals surface area contributed by atoms with Gasteiger partial charge in [0.1, 0.15) is 18.1 Å². The van der Waals surface area contributed by atoms with Crippen LogP contribution in [0.15, 0.2) is 48.5 Å². The van der Waals surface area contributed by atoms with Crippen LogP contribution in [0.4, 0.5) is 0 Å². The van der Waals surface area contributed by atoms with Crippen molar-refractivity contribution in [2.45, 2.75) is 20.1 Å². The summed E-state index contributed by atoms with van der Waals surface area (Å²) in [6.07, 6.45) is 0. The molecule has 0 radical (unpaired) electrons. The largest absolute Gasteiger partial charge is 0.496 e. The average Bonchev–Trinajstić information content (AvgIpc) is 2.52. The molecule has 3 nitrogen and oxygen atoms in total. The van der Waals surface area contributed by atoms with Gasteiger partial charge in [-0.25, -0.2) is 0 Å². The normalized spacial score (nSPS) is 10.3. The average molecular weight is 271 g/mol. The second-order valence-corrected chi connectivity index (χ2v) is 4.52.